The van der Waals surface area contributed by atoms with Crippen molar-refractivity contribution in [2.45, 2.75) is 61.3 Å². The lowest BCUT2D eigenvalue weighted by molar-refractivity contribution is -0.137. The quantitative estimate of drug-likeness (QED) is 0.670. The molecule has 1 amide bonds. The first-order valence-electron chi connectivity index (χ1n) is 11.4. The van der Waals surface area contributed by atoms with Crippen LogP contribution in [-0.2, 0) is 20.2 Å². The lowest BCUT2D eigenvalue weighted by atomic mass is 9.77. The van der Waals surface area contributed by atoms with Crippen LogP contribution in [0.5, 0.6) is 0 Å². The van der Waals surface area contributed by atoms with E-state index in [0.29, 0.717) is 25.9 Å². The van der Waals surface area contributed by atoms with Gasteiger partial charge in [-0.3, -0.25) is 4.79 Å². The largest absolute Gasteiger partial charge is 0.342 e. The zero-order valence-electron chi connectivity index (χ0n) is 18.5. The van der Waals surface area contributed by atoms with Gasteiger partial charge in [0.15, 0.2) is 0 Å². The topological polar surface area (TPSA) is 57.7 Å². The van der Waals surface area contributed by atoms with E-state index in [2.05, 4.69) is 12.1 Å². The Morgan fingerprint density at radius 3 is 2.41 bits per heavy atom. The van der Waals surface area contributed by atoms with Gasteiger partial charge in [0, 0.05) is 26.2 Å². The van der Waals surface area contributed by atoms with E-state index in [1.807, 2.05) is 23.1 Å². The van der Waals surface area contributed by atoms with Crippen molar-refractivity contribution >= 4 is 15.9 Å². The minimum absolute atomic E-state index is 0.0360. The van der Waals surface area contributed by atoms with Crippen molar-refractivity contribution in [1.82, 2.24) is 9.21 Å². The number of hydrogen-bond donors (Lipinski definition) is 0. The summed E-state index contributed by atoms with van der Waals surface area (Å²) in [4.78, 5) is 15.7. The number of halogens is 1. The molecule has 2 aliphatic rings. The van der Waals surface area contributed by atoms with Crippen LogP contribution in [0.15, 0.2) is 59.5 Å². The second-order valence-electron chi connectivity index (χ2n) is 9.01. The molecule has 0 N–H and O–H groups in total. The van der Waals surface area contributed by atoms with Gasteiger partial charge in [0.25, 0.3) is 0 Å². The molecule has 1 heterocycles. The third kappa shape index (κ3) is 4.33. The highest BCUT2D eigenvalue weighted by Crippen LogP contribution is 2.43. The van der Waals surface area contributed by atoms with Crippen molar-refractivity contribution in [3.63, 3.8) is 0 Å². The second-order valence-corrected chi connectivity index (χ2v) is 11.0. The number of amides is 1. The Morgan fingerprint density at radius 1 is 1.00 bits per heavy atom. The SMILES string of the molecule is CN(C1CCCN(C(=O)C2(c3ccccc3)CCCC2)CC1)S(=O)(=O)c1cccc(F)c1. The van der Waals surface area contributed by atoms with Gasteiger partial charge in [-0.1, -0.05) is 49.2 Å². The van der Waals surface area contributed by atoms with Crippen LogP contribution in [0.4, 0.5) is 4.39 Å². The summed E-state index contributed by atoms with van der Waals surface area (Å²) in [6, 6.07) is 15.0. The van der Waals surface area contributed by atoms with Crippen LogP contribution < -0.4 is 0 Å². The highest BCUT2D eigenvalue weighted by Gasteiger charge is 2.45. The van der Waals surface area contributed by atoms with E-state index < -0.39 is 21.3 Å². The monoisotopic (exact) mass is 458 g/mol. The smallest absolute Gasteiger partial charge is 0.243 e. The Morgan fingerprint density at radius 2 is 1.72 bits per heavy atom. The number of benzene rings is 2. The van der Waals surface area contributed by atoms with Gasteiger partial charge in [-0.05, 0) is 55.9 Å². The summed E-state index contributed by atoms with van der Waals surface area (Å²) < 4.78 is 41.0. The summed E-state index contributed by atoms with van der Waals surface area (Å²) in [5, 5.41) is 0. The first-order chi connectivity index (χ1) is 15.3. The molecule has 4 rings (SSSR count). The molecule has 1 unspecified atom stereocenters. The molecule has 1 saturated carbocycles. The molecule has 1 aliphatic carbocycles. The fourth-order valence-corrected chi connectivity index (χ4v) is 6.75. The van der Waals surface area contributed by atoms with E-state index in [1.165, 1.54) is 22.5 Å². The van der Waals surface area contributed by atoms with Crippen molar-refractivity contribution in [2.75, 3.05) is 20.1 Å². The summed E-state index contributed by atoms with van der Waals surface area (Å²) in [7, 11) is -2.24. The van der Waals surface area contributed by atoms with Crippen molar-refractivity contribution in [1.29, 1.82) is 0 Å². The molecule has 1 aliphatic heterocycles. The number of carbonyl (C=O) groups is 1. The van der Waals surface area contributed by atoms with Crippen molar-refractivity contribution in [2.24, 2.45) is 0 Å². The van der Waals surface area contributed by atoms with E-state index in [9.17, 15) is 17.6 Å². The fraction of sp³-hybridized carbons (Fsp3) is 0.480. The molecule has 0 aromatic heterocycles. The third-order valence-electron chi connectivity index (χ3n) is 7.16. The number of hydrogen-bond acceptors (Lipinski definition) is 3. The number of sulfonamides is 1. The second kappa shape index (κ2) is 9.32. The maximum Gasteiger partial charge on any atom is 0.243 e. The van der Waals surface area contributed by atoms with E-state index in [4.69, 9.17) is 0 Å². The Balaban J connectivity index is 1.50. The maximum atomic E-state index is 13.8. The van der Waals surface area contributed by atoms with Crippen LogP contribution in [-0.4, -0.2) is 49.7 Å². The first-order valence-corrected chi connectivity index (χ1v) is 12.9. The van der Waals surface area contributed by atoms with E-state index in [0.717, 1.165) is 43.7 Å². The van der Waals surface area contributed by atoms with E-state index in [1.54, 1.807) is 7.05 Å². The van der Waals surface area contributed by atoms with Crippen molar-refractivity contribution in [3.8, 4) is 0 Å². The van der Waals surface area contributed by atoms with Gasteiger partial charge >= 0.3 is 0 Å². The molecule has 5 nitrogen and oxygen atoms in total. The average Bonchev–Trinajstić information content (AvgIpc) is 3.18. The van der Waals surface area contributed by atoms with Gasteiger partial charge in [-0.25, -0.2) is 12.8 Å². The van der Waals surface area contributed by atoms with Gasteiger partial charge in [0.1, 0.15) is 5.82 Å². The predicted molar refractivity (Wildman–Crippen MR) is 122 cm³/mol. The Kier molecular flexibility index (Phi) is 6.67. The number of likely N-dealkylation sites (tertiary alicyclic amines) is 1. The number of nitrogens with zero attached hydrogens (tertiary/aromatic N) is 2. The summed E-state index contributed by atoms with van der Waals surface area (Å²) in [5.74, 6) is -0.391. The van der Waals surface area contributed by atoms with Gasteiger partial charge in [0.05, 0.1) is 10.3 Å². The lowest BCUT2D eigenvalue weighted by Gasteiger charge is -2.34. The zero-order chi connectivity index (χ0) is 22.8. The summed E-state index contributed by atoms with van der Waals surface area (Å²) in [6.07, 6.45) is 5.81. The fourth-order valence-electron chi connectivity index (χ4n) is 5.30. The minimum Gasteiger partial charge on any atom is -0.342 e. The highest BCUT2D eigenvalue weighted by atomic mass is 32.2. The van der Waals surface area contributed by atoms with E-state index in [-0.39, 0.29) is 16.8 Å². The van der Waals surface area contributed by atoms with Crippen LogP contribution in [0.25, 0.3) is 0 Å². The van der Waals surface area contributed by atoms with Gasteiger partial charge in [0.2, 0.25) is 15.9 Å². The molecule has 0 radical (unpaired) electrons. The van der Waals surface area contributed by atoms with Crippen LogP contribution in [0.2, 0.25) is 0 Å². The van der Waals surface area contributed by atoms with Crippen LogP contribution in [0.1, 0.15) is 50.5 Å². The van der Waals surface area contributed by atoms with Gasteiger partial charge in [-0.15, -0.1) is 0 Å². The third-order valence-corrected chi connectivity index (χ3v) is 9.07. The Hall–Kier alpha value is -2.25. The summed E-state index contributed by atoms with van der Waals surface area (Å²) >= 11 is 0. The van der Waals surface area contributed by atoms with Crippen LogP contribution >= 0.6 is 0 Å². The van der Waals surface area contributed by atoms with Gasteiger partial charge in [-0.2, -0.15) is 4.31 Å². The van der Waals surface area contributed by atoms with Crippen molar-refractivity contribution in [3.05, 3.63) is 66.0 Å². The normalized spacial score (nSPS) is 21.5. The molecular weight excluding hydrogens is 427 g/mol. The zero-order valence-corrected chi connectivity index (χ0v) is 19.4. The van der Waals surface area contributed by atoms with E-state index >= 15 is 0 Å². The molecular formula is C25H31FN2O3S. The molecule has 1 saturated heterocycles. The molecule has 172 valence electrons. The molecule has 0 bridgehead atoms. The predicted octanol–water partition coefficient (Wildman–Crippen LogP) is 4.34. The summed E-state index contributed by atoms with van der Waals surface area (Å²) in [5.41, 5.74) is 0.634. The summed E-state index contributed by atoms with van der Waals surface area (Å²) in [6.45, 7) is 1.17. The van der Waals surface area contributed by atoms with Gasteiger partial charge < -0.3 is 4.90 Å². The minimum atomic E-state index is -3.80. The Labute approximate surface area is 190 Å². The molecule has 2 fully saturated rings. The van der Waals surface area contributed by atoms with Crippen LogP contribution in [0.3, 0.4) is 0 Å². The molecule has 32 heavy (non-hydrogen) atoms. The standard InChI is InChI=1S/C25H31FN2O3S/c1-27(32(30,31)23-13-7-11-21(26)19-23)22-12-8-17-28(18-14-22)24(29)25(15-5-6-16-25)20-9-3-2-4-10-20/h2-4,7,9-11,13,19,22H,5-6,8,12,14-18H2,1H3. The lowest BCUT2D eigenvalue weighted by Crippen LogP contribution is -2.46. The number of carbonyl (C=O) groups excluding carboxylic acids is 1. The maximum absolute atomic E-state index is 13.8. The highest BCUT2D eigenvalue weighted by molar-refractivity contribution is 7.89. The van der Waals surface area contributed by atoms with Crippen molar-refractivity contribution < 1.29 is 17.6 Å². The molecule has 1 atom stereocenters. The Bertz CT molecular complexity index is 1050. The molecule has 0 spiro atoms. The number of rotatable bonds is 5. The molecule has 2 aromatic rings. The molecule has 7 heteroatoms. The first kappa shape index (κ1) is 22.9. The van der Waals surface area contributed by atoms with Crippen LogP contribution in [0, 0.1) is 5.82 Å². The average molecular weight is 459 g/mol. The molecule has 2 aromatic carbocycles.